The second-order valence-corrected chi connectivity index (χ2v) is 11.2. The van der Waals surface area contributed by atoms with Crippen LogP contribution in [0.15, 0.2) is 78.2 Å². The number of anilines is 2. The molecule has 5 rings (SSSR count). The average molecular weight is 612 g/mol. The lowest BCUT2D eigenvalue weighted by atomic mass is 10.0. The predicted octanol–water partition coefficient (Wildman–Crippen LogP) is 7.27. The molecule has 1 unspecified atom stereocenters. The van der Waals surface area contributed by atoms with Gasteiger partial charge in [0.1, 0.15) is 5.75 Å². The Kier molecular flexibility index (Phi) is 9.51. The smallest absolute Gasteiger partial charge is 0.262 e. The van der Waals surface area contributed by atoms with Crippen LogP contribution in [0.2, 0.25) is 10.0 Å². The number of imidazole rings is 1. The summed E-state index contributed by atoms with van der Waals surface area (Å²) in [5.74, 6) is 0.501. The first-order valence-electron chi connectivity index (χ1n) is 13.0. The van der Waals surface area contributed by atoms with Crippen molar-refractivity contribution in [3.8, 4) is 5.75 Å². The molecular formula is C30H28Cl2N4O4S. The summed E-state index contributed by atoms with van der Waals surface area (Å²) in [5.41, 5.74) is 2.82. The van der Waals surface area contributed by atoms with Crippen LogP contribution in [0.3, 0.4) is 0 Å². The number of methoxy groups -OCH3 is 1. The molecule has 3 aromatic carbocycles. The third kappa shape index (κ3) is 6.87. The van der Waals surface area contributed by atoms with Crippen LogP contribution in [-0.4, -0.2) is 47.8 Å². The quantitative estimate of drug-likeness (QED) is 0.153. The minimum Gasteiger partial charge on any atom is -0.496 e. The molecule has 2 N–H and O–H groups in total. The van der Waals surface area contributed by atoms with Gasteiger partial charge in [-0.1, -0.05) is 47.1 Å². The van der Waals surface area contributed by atoms with Crippen LogP contribution in [0.4, 0.5) is 11.4 Å². The molecule has 0 saturated carbocycles. The van der Waals surface area contributed by atoms with E-state index < -0.39 is 0 Å². The van der Waals surface area contributed by atoms with Crippen molar-refractivity contribution in [3.05, 3.63) is 99.8 Å². The fourth-order valence-corrected chi connectivity index (χ4v) is 5.78. The Balaban J connectivity index is 1.34. The predicted molar refractivity (Wildman–Crippen MR) is 163 cm³/mol. The van der Waals surface area contributed by atoms with Gasteiger partial charge in [0.25, 0.3) is 11.8 Å². The maximum atomic E-state index is 13.9. The SMILES string of the molecule is COc1cc(NC(=O)c2ccccc2Cl)ccc1C(=O)N1CCCC(OCCSc2ncc[nH]2)c2cc(Cl)ccc21. The van der Waals surface area contributed by atoms with Gasteiger partial charge in [-0.25, -0.2) is 4.98 Å². The first kappa shape index (κ1) is 29.0. The van der Waals surface area contributed by atoms with Crippen molar-refractivity contribution >= 4 is 58.2 Å². The Morgan fingerprint density at radius 3 is 2.76 bits per heavy atom. The molecule has 0 fully saturated rings. The summed E-state index contributed by atoms with van der Waals surface area (Å²) in [6.07, 6.45) is 4.78. The summed E-state index contributed by atoms with van der Waals surface area (Å²) in [7, 11) is 1.49. The van der Waals surface area contributed by atoms with Crippen molar-refractivity contribution in [2.24, 2.45) is 0 Å². The molecule has 8 nitrogen and oxygen atoms in total. The van der Waals surface area contributed by atoms with E-state index in [0.717, 1.165) is 35.0 Å². The number of hydrogen-bond acceptors (Lipinski definition) is 6. The van der Waals surface area contributed by atoms with Crippen molar-refractivity contribution in [1.82, 2.24) is 9.97 Å². The zero-order chi connectivity index (χ0) is 28.8. The van der Waals surface area contributed by atoms with Crippen LogP contribution in [-0.2, 0) is 4.74 Å². The summed E-state index contributed by atoms with van der Waals surface area (Å²) in [6.45, 7) is 1.02. The van der Waals surface area contributed by atoms with E-state index in [9.17, 15) is 9.59 Å². The lowest BCUT2D eigenvalue weighted by Gasteiger charge is -2.25. The Bertz CT molecular complexity index is 1530. The Labute approximate surface area is 252 Å². The van der Waals surface area contributed by atoms with Crippen molar-refractivity contribution in [2.75, 3.05) is 36.2 Å². The van der Waals surface area contributed by atoms with E-state index in [0.29, 0.717) is 45.8 Å². The molecule has 212 valence electrons. The van der Waals surface area contributed by atoms with Crippen molar-refractivity contribution in [2.45, 2.75) is 24.1 Å². The summed E-state index contributed by atoms with van der Waals surface area (Å²) in [4.78, 5) is 35.7. The van der Waals surface area contributed by atoms with Gasteiger partial charge in [-0.05, 0) is 55.3 Å². The lowest BCUT2D eigenvalue weighted by Crippen LogP contribution is -2.32. The number of H-pyrrole nitrogens is 1. The fourth-order valence-electron chi connectivity index (χ4n) is 4.72. The standard InChI is InChI=1S/C30H28Cl2N4O4S/c1-39-27-18-20(35-28(37)21-5-2-3-6-24(21)32)9-10-22(27)29(38)36-14-4-7-26(23-17-19(31)8-11-25(23)36)40-15-16-41-30-33-12-13-34-30/h2-3,5-6,8-13,17-18,26H,4,7,14-16H2,1H3,(H,33,34)(H,35,37). The first-order valence-corrected chi connectivity index (χ1v) is 14.8. The minimum atomic E-state index is -0.358. The van der Waals surface area contributed by atoms with Gasteiger partial charge in [-0.15, -0.1) is 0 Å². The number of benzene rings is 3. The number of rotatable bonds is 9. The van der Waals surface area contributed by atoms with Crippen LogP contribution < -0.4 is 15.0 Å². The zero-order valence-corrected chi connectivity index (χ0v) is 24.6. The highest BCUT2D eigenvalue weighted by Gasteiger charge is 2.29. The first-order chi connectivity index (χ1) is 19.9. The minimum absolute atomic E-state index is 0.206. The molecule has 0 spiro atoms. The highest BCUT2D eigenvalue weighted by molar-refractivity contribution is 7.99. The zero-order valence-electron chi connectivity index (χ0n) is 22.2. The van der Waals surface area contributed by atoms with Gasteiger partial charge >= 0.3 is 0 Å². The van der Waals surface area contributed by atoms with Gasteiger partial charge in [0.2, 0.25) is 0 Å². The number of halogens is 2. The number of hydrogen-bond donors (Lipinski definition) is 2. The summed E-state index contributed by atoms with van der Waals surface area (Å²) in [5, 5.41) is 4.59. The van der Waals surface area contributed by atoms with Crippen molar-refractivity contribution < 1.29 is 19.1 Å². The molecule has 1 aliphatic rings. The molecule has 0 saturated heterocycles. The monoisotopic (exact) mass is 610 g/mol. The van der Waals surface area contributed by atoms with E-state index in [4.69, 9.17) is 32.7 Å². The number of carbonyl (C=O) groups is 2. The van der Waals surface area contributed by atoms with Gasteiger partial charge in [0.05, 0.1) is 36.0 Å². The molecule has 2 amide bonds. The molecule has 0 aliphatic carbocycles. The number of fused-ring (bicyclic) bond motifs is 1. The van der Waals surface area contributed by atoms with Gasteiger partial charge in [0, 0.05) is 52.7 Å². The summed E-state index contributed by atoms with van der Waals surface area (Å²) < 4.78 is 11.9. The molecule has 11 heteroatoms. The maximum absolute atomic E-state index is 13.9. The number of amides is 2. The molecule has 1 aromatic heterocycles. The third-order valence-electron chi connectivity index (χ3n) is 6.64. The Morgan fingerprint density at radius 1 is 1.12 bits per heavy atom. The van der Waals surface area contributed by atoms with Crippen LogP contribution in [0.25, 0.3) is 0 Å². The second-order valence-electron chi connectivity index (χ2n) is 9.25. The average Bonchev–Trinajstić information content (AvgIpc) is 3.43. The Morgan fingerprint density at radius 2 is 1.98 bits per heavy atom. The molecular weight excluding hydrogens is 583 g/mol. The number of ether oxygens (including phenoxy) is 2. The highest BCUT2D eigenvalue weighted by Crippen LogP contribution is 2.38. The lowest BCUT2D eigenvalue weighted by molar-refractivity contribution is 0.0589. The van der Waals surface area contributed by atoms with Gasteiger partial charge in [0.15, 0.2) is 5.16 Å². The molecule has 0 radical (unpaired) electrons. The van der Waals surface area contributed by atoms with Crippen LogP contribution in [0, 0.1) is 0 Å². The molecule has 41 heavy (non-hydrogen) atoms. The van der Waals surface area contributed by atoms with Gasteiger partial charge < -0.3 is 24.7 Å². The third-order valence-corrected chi connectivity index (χ3v) is 8.08. The molecule has 1 aliphatic heterocycles. The molecule has 2 heterocycles. The van der Waals surface area contributed by atoms with Gasteiger partial charge in [-0.3, -0.25) is 9.59 Å². The summed E-state index contributed by atoms with van der Waals surface area (Å²) in [6, 6.07) is 17.3. The second kappa shape index (κ2) is 13.4. The van der Waals surface area contributed by atoms with E-state index in [2.05, 4.69) is 15.3 Å². The number of carbonyl (C=O) groups excluding carboxylic acids is 2. The molecule has 0 bridgehead atoms. The number of nitrogens with one attached hydrogen (secondary N) is 2. The molecule has 1 atom stereocenters. The number of thioether (sulfide) groups is 1. The fraction of sp³-hybridized carbons (Fsp3) is 0.233. The van der Waals surface area contributed by atoms with E-state index >= 15 is 0 Å². The van der Waals surface area contributed by atoms with Crippen molar-refractivity contribution in [3.63, 3.8) is 0 Å². The van der Waals surface area contributed by atoms with Crippen molar-refractivity contribution in [1.29, 1.82) is 0 Å². The van der Waals surface area contributed by atoms with E-state index in [1.807, 2.05) is 12.1 Å². The van der Waals surface area contributed by atoms with Gasteiger partial charge in [-0.2, -0.15) is 0 Å². The highest BCUT2D eigenvalue weighted by atomic mass is 35.5. The number of nitrogens with zero attached hydrogens (tertiary/aromatic N) is 2. The largest absolute Gasteiger partial charge is 0.496 e. The molecule has 4 aromatic rings. The normalized spacial score (nSPS) is 14.7. The van der Waals surface area contributed by atoms with Crippen LogP contribution >= 0.6 is 35.0 Å². The van der Waals surface area contributed by atoms with E-state index in [1.54, 1.807) is 77.6 Å². The van der Waals surface area contributed by atoms with E-state index in [1.165, 1.54) is 7.11 Å². The van der Waals surface area contributed by atoms with Crippen LogP contribution in [0.1, 0.15) is 45.2 Å². The van der Waals surface area contributed by atoms with Crippen LogP contribution in [0.5, 0.6) is 5.75 Å². The van der Waals surface area contributed by atoms with E-state index in [-0.39, 0.29) is 17.9 Å². The Hall–Kier alpha value is -3.50. The topological polar surface area (TPSA) is 96.6 Å². The summed E-state index contributed by atoms with van der Waals surface area (Å²) >= 11 is 14.1. The number of aromatic amines is 1. The maximum Gasteiger partial charge on any atom is 0.262 e. The number of aromatic nitrogens is 2.